The van der Waals surface area contributed by atoms with Gasteiger partial charge < -0.3 is 9.73 Å². The van der Waals surface area contributed by atoms with Gasteiger partial charge in [0.1, 0.15) is 5.58 Å². The highest BCUT2D eigenvalue weighted by Crippen LogP contribution is 2.19. The molecule has 24 heavy (non-hydrogen) atoms. The standard InChI is InChI=1S/C18H18N2O3S/c1-11(2)18-20-12(10-24-18)7-8-19-17(22)16-9-14(21)13-5-3-4-6-15(13)23-16/h3-6,9-11H,7-8H2,1-2H3,(H,19,22). The summed E-state index contributed by atoms with van der Waals surface area (Å²) < 4.78 is 5.52. The number of rotatable bonds is 5. The van der Waals surface area contributed by atoms with Crippen LogP contribution in [0.3, 0.4) is 0 Å². The molecule has 2 aromatic heterocycles. The molecule has 6 heteroatoms. The Hall–Kier alpha value is -2.47. The van der Waals surface area contributed by atoms with Crippen molar-refractivity contribution >= 4 is 28.2 Å². The van der Waals surface area contributed by atoms with Crippen molar-refractivity contribution in [2.45, 2.75) is 26.2 Å². The summed E-state index contributed by atoms with van der Waals surface area (Å²) in [6.07, 6.45) is 0.646. The van der Waals surface area contributed by atoms with Gasteiger partial charge in [0.25, 0.3) is 5.91 Å². The maximum absolute atomic E-state index is 12.2. The summed E-state index contributed by atoms with van der Waals surface area (Å²) in [5.74, 6) is 0.0437. The first-order valence-electron chi connectivity index (χ1n) is 7.80. The van der Waals surface area contributed by atoms with E-state index >= 15 is 0 Å². The van der Waals surface area contributed by atoms with Crippen molar-refractivity contribution in [2.24, 2.45) is 0 Å². The average molecular weight is 342 g/mol. The maximum Gasteiger partial charge on any atom is 0.287 e. The lowest BCUT2D eigenvalue weighted by Crippen LogP contribution is -2.26. The first-order valence-corrected chi connectivity index (χ1v) is 8.68. The monoisotopic (exact) mass is 342 g/mol. The lowest BCUT2D eigenvalue weighted by atomic mass is 10.2. The number of hydrogen-bond acceptors (Lipinski definition) is 5. The smallest absolute Gasteiger partial charge is 0.287 e. The van der Waals surface area contributed by atoms with E-state index in [9.17, 15) is 9.59 Å². The van der Waals surface area contributed by atoms with Crippen molar-refractivity contribution in [3.8, 4) is 0 Å². The third-order valence-electron chi connectivity index (χ3n) is 3.59. The number of nitrogens with zero attached hydrogens (tertiary/aromatic N) is 1. The summed E-state index contributed by atoms with van der Waals surface area (Å²) in [6, 6.07) is 8.12. The molecule has 0 aliphatic rings. The molecule has 0 unspecified atom stereocenters. The predicted molar refractivity (Wildman–Crippen MR) is 94.7 cm³/mol. The van der Waals surface area contributed by atoms with Gasteiger partial charge in [-0.15, -0.1) is 11.3 Å². The Morgan fingerprint density at radius 1 is 1.33 bits per heavy atom. The summed E-state index contributed by atoms with van der Waals surface area (Å²) in [6.45, 7) is 4.65. The molecule has 0 saturated carbocycles. The van der Waals surface area contributed by atoms with Gasteiger partial charge in [-0.1, -0.05) is 26.0 Å². The van der Waals surface area contributed by atoms with Gasteiger partial charge in [0, 0.05) is 30.3 Å². The molecule has 0 saturated heterocycles. The molecule has 0 fully saturated rings. The zero-order valence-corrected chi connectivity index (χ0v) is 14.4. The first-order chi connectivity index (χ1) is 11.5. The van der Waals surface area contributed by atoms with E-state index in [-0.39, 0.29) is 11.2 Å². The summed E-state index contributed by atoms with van der Waals surface area (Å²) in [5, 5.41) is 6.35. The maximum atomic E-state index is 12.2. The normalized spacial score (nSPS) is 11.1. The molecule has 5 nitrogen and oxygen atoms in total. The van der Waals surface area contributed by atoms with E-state index < -0.39 is 5.91 Å². The van der Waals surface area contributed by atoms with E-state index in [1.807, 2.05) is 5.38 Å². The molecular formula is C18H18N2O3S. The Morgan fingerprint density at radius 3 is 2.88 bits per heavy atom. The van der Waals surface area contributed by atoms with Crippen LogP contribution < -0.4 is 10.7 Å². The molecular weight excluding hydrogens is 324 g/mol. The Kier molecular flexibility index (Phi) is 4.76. The largest absolute Gasteiger partial charge is 0.451 e. The fourth-order valence-corrected chi connectivity index (χ4v) is 3.18. The minimum absolute atomic E-state index is 0.0276. The van der Waals surface area contributed by atoms with Gasteiger partial charge in [0.2, 0.25) is 0 Å². The van der Waals surface area contributed by atoms with Gasteiger partial charge in [0.15, 0.2) is 11.2 Å². The van der Waals surface area contributed by atoms with Crippen LogP contribution in [-0.4, -0.2) is 17.4 Å². The van der Waals surface area contributed by atoms with Gasteiger partial charge in [-0.3, -0.25) is 9.59 Å². The zero-order chi connectivity index (χ0) is 17.1. The molecule has 0 bridgehead atoms. The lowest BCUT2D eigenvalue weighted by Gasteiger charge is -2.04. The second-order valence-electron chi connectivity index (χ2n) is 5.81. The van der Waals surface area contributed by atoms with Gasteiger partial charge in [-0.2, -0.15) is 0 Å². The topological polar surface area (TPSA) is 72.2 Å². The summed E-state index contributed by atoms with van der Waals surface area (Å²) in [4.78, 5) is 28.7. The van der Waals surface area contributed by atoms with E-state index in [1.54, 1.807) is 35.6 Å². The summed E-state index contributed by atoms with van der Waals surface area (Å²) >= 11 is 1.63. The highest BCUT2D eigenvalue weighted by atomic mass is 32.1. The Balaban J connectivity index is 1.65. The first kappa shape index (κ1) is 16.4. The number of nitrogens with one attached hydrogen (secondary N) is 1. The number of carbonyl (C=O) groups excluding carboxylic acids is 1. The van der Waals surface area contributed by atoms with Crippen LogP contribution in [0.2, 0.25) is 0 Å². The molecule has 1 aromatic carbocycles. The predicted octanol–water partition coefficient (Wildman–Crippen LogP) is 3.35. The second kappa shape index (κ2) is 6.97. The number of aromatic nitrogens is 1. The van der Waals surface area contributed by atoms with Crippen molar-refractivity contribution in [3.63, 3.8) is 0 Å². The zero-order valence-electron chi connectivity index (χ0n) is 13.5. The molecule has 0 radical (unpaired) electrons. The van der Waals surface area contributed by atoms with Crippen LogP contribution in [0.15, 0.2) is 44.9 Å². The molecule has 3 aromatic rings. The molecule has 0 atom stereocenters. The van der Waals surface area contributed by atoms with Crippen molar-refractivity contribution in [1.29, 1.82) is 0 Å². The lowest BCUT2D eigenvalue weighted by molar-refractivity contribution is 0.0927. The molecule has 3 rings (SSSR count). The van der Waals surface area contributed by atoms with Crippen molar-refractivity contribution in [1.82, 2.24) is 10.3 Å². The van der Waals surface area contributed by atoms with Crippen LogP contribution in [0, 0.1) is 0 Å². The van der Waals surface area contributed by atoms with Crippen molar-refractivity contribution in [2.75, 3.05) is 6.54 Å². The van der Waals surface area contributed by atoms with Crippen LogP contribution in [0.1, 0.15) is 41.0 Å². The second-order valence-corrected chi connectivity index (χ2v) is 6.70. The summed E-state index contributed by atoms with van der Waals surface area (Å²) in [5.41, 5.74) is 1.16. The highest BCUT2D eigenvalue weighted by Gasteiger charge is 2.12. The molecule has 0 spiro atoms. The van der Waals surface area contributed by atoms with Gasteiger partial charge in [-0.25, -0.2) is 4.98 Å². The quantitative estimate of drug-likeness (QED) is 0.772. The molecule has 124 valence electrons. The van der Waals surface area contributed by atoms with Gasteiger partial charge in [-0.05, 0) is 12.1 Å². The van der Waals surface area contributed by atoms with Crippen LogP contribution in [0.4, 0.5) is 0 Å². The van der Waals surface area contributed by atoms with Crippen molar-refractivity contribution < 1.29 is 9.21 Å². The van der Waals surface area contributed by atoms with Gasteiger partial charge in [0.05, 0.1) is 16.1 Å². The minimum Gasteiger partial charge on any atom is -0.451 e. The third kappa shape index (κ3) is 3.54. The van der Waals surface area contributed by atoms with E-state index in [2.05, 4.69) is 24.1 Å². The third-order valence-corrected chi connectivity index (χ3v) is 4.78. The van der Waals surface area contributed by atoms with E-state index in [0.29, 0.717) is 29.9 Å². The number of amides is 1. The van der Waals surface area contributed by atoms with Crippen molar-refractivity contribution in [3.05, 3.63) is 62.4 Å². The van der Waals surface area contributed by atoms with Gasteiger partial charge >= 0.3 is 0 Å². The van der Waals surface area contributed by atoms with Crippen LogP contribution in [0.5, 0.6) is 0 Å². The highest BCUT2D eigenvalue weighted by molar-refractivity contribution is 7.09. The minimum atomic E-state index is -0.392. The number of para-hydroxylation sites is 1. The van der Waals surface area contributed by atoms with E-state index in [1.165, 1.54) is 6.07 Å². The summed E-state index contributed by atoms with van der Waals surface area (Å²) in [7, 11) is 0. The SMILES string of the molecule is CC(C)c1nc(CCNC(=O)c2cc(=O)c3ccccc3o2)cs1. The fourth-order valence-electron chi connectivity index (χ4n) is 2.31. The van der Waals surface area contributed by atoms with Crippen LogP contribution in [0.25, 0.3) is 11.0 Å². The van der Waals surface area contributed by atoms with E-state index in [0.717, 1.165) is 10.7 Å². The Bertz CT molecular complexity index is 927. The molecule has 0 aliphatic heterocycles. The number of thiazole rings is 1. The number of carbonyl (C=O) groups is 1. The Labute approximate surface area is 143 Å². The van der Waals surface area contributed by atoms with Crippen LogP contribution >= 0.6 is 11.3 Å². The molecule has 0 aliphatic carbocycles. The van der Waals surface area contributed by atoms with Crippen LogP contribution in [-0.2, 0) is 6.42 Å². The number of benzene rings is 1. The Morgan fingerprint density at radius 2 is 2.12 bits per heavy atom. The average Bonchev–Trinajstić information content (AvgIpc) is 3.04. The van der Waals surface area contributed by atoms with E-state index in [4.69, 9.17) is 4.42 Å². The molecule has 2 heterocycles. The number of hydrogen-bond donors (Lipinski definition) is 1. The number of fused-ring (bicyclic) bond motifs is 1. The molecule has 1 amide bonds. The fraction of sp³-hybridized carbons (Fsp3) is 0.278. The molecule has 1 N–H and O–H groups in total.